The van der Waals surface area contributed by atoms with Crippen LogP contribution < -0.4 is 11.1 Å². The highest BCUT2D eigenvalue weighted by Gasteiger charge is 2.32. The molecular weight excluding hydrogens is 295 g/mol. The van der Waals surface area contributed by atoms with Crippen LogP contribution in [0.4, 0.5) is 4.39 Å². The lowest BCUT2D eigenvalue weighted by Gasteiger charge is -2.16. The summed E-state index contributed by atoms with van der Waals surface area (Å²) in [6.45, 7) is 2.42. The van der Waals surface area contributed by atoms with Crippen molar-refractivity contribution in [3.05, 3.63) is 47.5 Å². The highest BCUT2D eigenvalue weighted by atomic mass is 19.1. The van der Waals surface area contributed by atoms with Crippen molar-refractivity contribution < 1.29 is 9.18 Å². The van der Waals surface area contributed by atoms with Crippen LogP contribution in [0, 0.1) is 11.7 Å². The second-order valence-corrected chi connectivity index (χ2v) is 5.90. The van der Waals surface area contributed by atoms with E-state index in [2.05, 4.69) is 10.4 Å². The molecule has 5 nitrogen and oxygen atoms in total. The maximum Gasteiger partial charge on any atom is 0.255 e. The Morgan fingerprint density at radius 3 is 2.70 bits per heavy atom. The van der Waals surface area contributed by atoms with Crippen LogP contribution >= 0.6 is 0 Å². The second-order valence-electron chi connectivity index (χ2n) is 5.90. The summed E-state index contributed by atoms with van der Waals surface area (Å²) in [6, 6.07) is 6.09. The largest absolute Gasteiger partial charge is 0.348 e. The lowest BCUT2D eigenvalue weighted by atomic mass is 10.1. The van der Waals surface area contributed by atoms with E-state index in [0.717, 1.165) is 24.2 Å². The summed E-state index contributed by atoms with van der Waals surface area (Å²) in [6.07, 6.45) is 4.46. The molecule has 1 aliphatic rings. The van der Waals surface area contributed by atoms with E-state index in [-0.39, 0.29) is 17.8 Å². The van der Waals surface area contributed by atoms with Gasteiger partial charge in [-0.25, -0.2) is 9.07 Å². The number of nitrogens with one attached hydrogen (secondary N) is 1. The molecule has 23 heavy (non-hydrogen) atoms. The number of nitrogens with two attached hydrogens (primary N) is 1. The first kappa shape index (κ1) is 15.7. The van der Waals surface area contributed by atoms with Crippen LogP contribution in [0.1, 0.15) is 35.8 Å². The van der Waals surface area contributed by atoms with Crippen molar-refractivity contribution in [2.75, 3.05) is 6.54 Å². The van der Waals surface area contributed by atoms with Crippen LogP contribution in [0.2, 0.25) is 0 Å². The Bertz CT molecular complexity index is 691. The monoisotopic (exact) mass is 316 g/mol. The van der Waals surface area contributed by atoms with Gasteiger partial charge in [0.25, 0.3) is 5.91 Å². The van der Waals surface area contributed by atoms with Crippen molar-refractivity contribution in [1.29, 1.82) is 0 Å². The number of amides is 1. The molecule has 0 aliphatic heterocycles. The number of carbonyl (C=O) groups is 1. The molecule has 0 spiro atoms. The van der Waals surface area contributed by atoms with Crippen molar-refractivity contribution in [3.8, 4) is 5.69 Å². The average Bonchev–Trinajstić information content (AvgIpc) is 3.31. The molecule has 0 saturated heterocycles. The third kappa shape index (κ3) is 3.27. The summed E-state index contributed by atoms with van der Waals surface area (Å²) in [7, 11) is 0. The summed E-state index contributed by atoms with van der Waals surface area (Å²) in [4.78, 5) is 12.5. The van der Waals surface area contributed by atoms with Gasteiger partial charge in [0.15, 0.2) is 0 Å². The molecule has 1 unspecified atom stereocenters. The third-order valence-corrected chi connectivity index (χ3v) is 4.28. The van der Waals surface area contributed by atoms with Crippen LogP contribution in [0.5, 0.6) is 0 Å². The fourth-order valence-corrected chi connectivity index (χ4v) is 2.82. The minimum atomic E-state index is -0.299. The third-order valence-electron chi connectivity index (χ3n) is 4.28. The van der Waals surface area contributed by atoms with E-state index in [9.17, 15) is 9.18 Å². The normalized spacial score (nSPS) is 15.4. The number of aromatic nitrogens is 2. The van der Waals surface area contributed by atoms with Gasteiger partial charge >= 0.3 is 0 Å². The van der Waals surface area contributed by atoms with Crippen LogP contribution in [-0.2, 0) is 6.42 Å². The molecule has 1 amide bonds. The molecule has 6 heteroatoms. The van der Waals surface area contributed by atoms with Gasteiger partial charge < -0.3 is 11.1 Å². The number of rotatable bonds is 6. The van der Waals surface area contributed by atoms with E-state index in [4.69, 9.17) is 5.73 Å². The molecule has 122 valence electrons. The van der Waals surface area contributed by atoms with Gasteiger partial charge in [0, 0.05) is 12.6 Å². The van der Waals surface area contributed by atoms with E-state index in [1.54, 1.807) is 23.0 Å². The van der Waals surface area contributed by atoms with Gasteiger partial charge in [-0.05, 0) is 49.4 Å². The van der Waals surface area contributed by atoms with Gasteiger partial charge in [0.1, 0.15) is 5.82 Å². The van der Waals surface area contributed by atoms with E-state index in [1.807, 2.05) is 6.92 Å². The van der Waals surface area contributed by atoms with Crippen LogP contribution in [0.15, 0.2) is 30.5 Å². The highest BCUT2D eigenvalue weighted by Crippen LogP contribution is 2.32. The van der Waals surface area contributed by atoms with E-state index < -0.39 is 0 Å². The predicted molar refractivity (Wildman–Crippen MR) is 85.9 cm³/mol. The zero-order valence-corrected chi connectivity index (χ0v) is 13.1. The van der Waals surface area contributed by atoms with Gasteiger partial charge in [-0.3, -0.25) is 4.79 Å². The van der Waals surface area contributed by atoms with Crippen molar-refractivity contribution in [2.24, 2.45) is 11.7 Å². The lowest BCUT2D eigenvalue weighted by molar-refractivity contribution is 0.0932. The highest BCUT2D eigenvalue weighted by molar-refractivity contribution is 5.95. The van der Waals surface area contributed by atoms with E-state index in [0.29, 0.717) is 24.4 Å². The average molecular weight is 316 g/mol. The van der Waals surface area contributed by atoms with E-state index in [1.165, 1.54) is 12.1 Å². The first-order valence-corrected chi connectivity index (χ1v) is 7.97. The minimum Gasteiger partial charge on any atom is -0.348 e. The van der Waals surface area contributed by atoms with Crippen molar-refractivity contribution in [2.45, 2.75) is 32.2 Å². The Labute approximate surface area is 134 Å². The molecule has 3 rings (SSSR count). The van der Waals surface area contributed by atoms with Gasteiger partial charge in [-0.2, -0.15) is 5.10 Å². The van der Waals surface area contributed by atoms with Crippen LogP contribution in [0.25, 0.3) is 5.69 Å². The molecule has 1 aromatic carbocycles. The molecule has 1 heterocycles. The van der Waals surface area contributed by atoms with Gasteiger partial charge in [-0.1, -0.05) is 6.92 Å². The number of carbonyl (C=O) groups excluding carboxylic acids is 1. The SMILES string of the molecule is CCc1c(C(=O)NC(CN)C2CC2)cnn1-c1ccc(F)cc1. The molecular formula is C17H21FN4O. The number of benzene rings is 1. The molecule has 1 atom stereocenters. The Morgan fingerprint density at radius 2 is 2.13 bits per heavy atom. The maximum atomic E-state index is 13.1. The molecule has 1 aromatic heterocycles. The molecule has 3 N–H and O–H groups in total. The summed E-state index contributed by atoms with van der Waals surface area (Å²) in [5.41, 5.74) is 7.84. The first-order valence-electron chi connectivity index (χ1n) is 7.97. The number of halogens is 1. The predicted octanol–water partition coefficient (Wildman–Crippen LogP) is 2.04. The van der Waals surface area contributed by atoms with Crippen molar-refractivity contribution in [1.82, 2.24) is 15.1 Å². The number of nitrogens with zero attached hydrogens (tertiary/aromatic N) is 2. The molecule has 0 bridgehead atoms. The molecule has 1 aliphatic carbocycles. The summed E-state index contributed by atoms with van der Waals surface area (Å²) in [5, 5.41) is 7.32. The van der Waals surface area contributed by atoms with Gasteiger partial charge in [-0.15, -0.1) is 0 Å². The number of hydrogen-bond donors (Lipinski definition) is 2. The fraction of sp³-hybridized carbons (Fsp3) is 0.412. The quantitative estimate of drug-likeness (QED) is 0.856. The Balaban J connectivity index is 1.85. The zero-order chi connectivity index (χ0) is 16.4. The lowest BCUT2D eigenvalue weighted by Crippen LogP contribution is -2.41. The van der Waals surface area contributed by atoms with Crippen molar-refractivity contribution >= 4 is 5.91 Å². The molecule has 1 fully saturated rings. The van der Waals surface area contributed by atoms with Gasteiger partial charge in [0.05, 0.1) is 23.1 Å². The van der Waals surface area contributed by atoms with Crippen molar-refractivity contribution in [3.63, 3.8) is 0 Å². The first-order chi connectivity index (χ1) is 11.1. The van der Waals surface area contributed by atoms with Crippen LogP contribution in [0.3, 0.4) is 0 Å². The van der Waals surface area contributed by atoms with E-state index >= 15 is 0 Å². The topological polar surface area (TPSA) is 72.9 Å². The standard InChI is InChI=1S/C17H21FN4O/c1-2-16-14(17(23)21-15(9-19)11-3-4-11)10-20-22(16)13-7-5-12(18)6-8-13/h5-8,10-11,15H,2-4,9,19H2,1H3,(H,21,23). The molecule has 0 radical (unpaired) electrons. The zero-order valence-electron chi connectivity index (χ0n) is 13.1. The summed E-state index contributed by atoms with van der Waals surface area (Å²) >= 11 is 0. The smallest absolute Gasteiger partial charge is 0.255 e. The maximum absolute atomic E-state index is 13.1. The summed E-state index contributed by atoms with van der Waals surface area (Å²) < 4.78 is 14.8. The fourth-order valence-electron chi connectivity index (χ4n) is 2.82. The molecule has 1 saturated carbocycles. The Morgan fingerprint density at radius 1 is 1.43 bits per heavy atom. The Hall–Kier alpha value is -2.21. The minimum absolute atomic E-state index is 0.0291. The second kappa shape index (κ2) is 6.50. The van der Waals surface area contributed by atoms with Crippen LogP contribution in [-0.4, -0.2) is 28.3 Å². The molecule has 2 aromatic rings. The number of hydrogen-bond acceptors (Lipinski definition) is 3. The summed E-state index contributed by atoms with van der Waals surface area (Å²) in [5.74, 6) is 0.0610. The van der Waals surface area contributed by atoms with Gasteiger partial charge in [0.2, 0.25) is 0 Å². The Kier molecular flexibility index (Phi) is 4.43.